The minimum Gasteiger partial charge on any atom is -0.345 e. The second-order valence-corrected chi connectivity index (χ2v) is 10.5. The van der Waals surface area contributed by atoms with Crippen molar-refractivity contribution in [3.05, 3.63) is 89.9 Å². The fourth-order valence-corrected chi connectivity index (χ4v) is 4.78. The zero-order valence-electron chi connectivity index (χ0n) is 22.5. The number of hydrogen-bond donors (Lipinski definition) is 2. The minimum absolute atomic E-state index is 0.0311. The van der Waals surface area contributed by atoms with Crippen molar-refractivity contribution in [3.63, 3.8) is 0 Å². The molecule has 202 valence electrons. The highest BCUT2D eigenvalue weighted by molar-refractivity contribution is 6.01. The maximum Gasteiger partial charge on any atom is 0.251 e. The van der Waals surface area contributed by atoms with E-state index in [1.165, 1.54) is 18.2 Å². The van der Waals surface area contributed by atoms with E-state index in [9.17, 15) is 13.6 Å². The number of nitrogens with zero attached hydrogens (tertiary/aromatic N) is 4. The van der Waals surface area contributed by atoms with Crippen LogP contribution in [0.2, 0.25) is 0 Å². The molecule has 0 saturated heterocycles. The number of nitrogens with one attached hydrogen (secondary N) is 2. The number of likely N-dealkylation sites (N-methyl/N-ethyl adjacent to an activating group) is 1. The van der Waals surface area contributed by atoms with E-state index in [1.54, 1.807) is 12.3 Å². The molecule has 3 heterocycles. The van der Waals surface area contributed by atoms with Crippen LogP contribution in [0.4, 0.5) is 8.78 Å². The summed E-state index contributed by atoms with van der Waals surface area (Å²) in [6.45, 7) is 9.07. The number of H-pyrrole nitrogens is 1. The molecular weight excluding hydrogens is 498 g/mol. The van der Waals surface area contributed by atoms with Gasteiger partial charge in [0.2, 0.25) is 0 Å². The number of halogens is 2. The lowest BCUT2D eigenvalue weighted by molar-refractivity contribution is 0.0819. The van der Waals surface area contributed by atoms with Crippen LogP contribution in [0.25, 0.3) is 27.8 Å². The molecule has 1 amide bonds. The number of aromatic nitrogens is 4. The van der Waals surface area contributed by atoms with Gasteiger partial charge in [-0.05, 0) is 61.9 Å². The third-order valence-corrected chi connectivity index (χ3v) is 7.60. The van der Waals surface area contributed by atoms with Crippen LogP contribution in [0, 0.1) is 17.6 Å². The van der Waals surface area contributed by atoms with Crippen LogP contribution in [0.3, 0.4) is 0 Å². The molecule has 0 bridgehead atoms. The van der Waals surface area contributed by atoms with E-state index in [0.29, 0.717) is 18.7 Å². The van der Waals surface area contributed by atoms with Gasteiger partial charge in [0.05, 0.1) is 11.1 Å². The Hall–Kier alpha value is -4.11. The molecule has 0 aliphatic rings. The normalized spacial score (nSPS) is 13.4. The third-order valence-electron chi connectivity index (χ3n) is 7.60. The van der Waals surface area contributed by atoms with E-state index >= 15 is 0 Å². The average molecular weight is 531 g/mol. The summed E-state index contributed by atoms with van der Waals surface area (Å²) in [6, 6.07) is 13.2. The molecule has 0 saturated carbocycles. The van der Waals surface area contributed by atoms with Crippen LogP contribution in [-0.2, 0) is 6.54 Å². The summed E-state index contributed by atoms with van der Waals surface area (Å²) in [7, 11) is 0. The number of aromatic amines is 1. The molecular formula is C30H32F2N6O. The highest BCUT2D eigenvalue weighted by atomic mass is 19.1. The number of amides is 1. The Kier molecular flexibility index (Phi) is 7.18. The average Bonchev–Trinajstić information content (AvgIpc) is 3.56. The number of rotatable bonds is 9. The number of imidazole rings is 1. The number of benzene rings is 2. The molecule has 5 rings (SSSR count). The van der Waals surface area contributed by atoms with Crippen molar-refractivity contribution >= 4 is 22.5 Å². The van der Waals surface area contributed by atoms with E-state index in [-0.39, 0.29) is 23.9 Å². The highest BCUT2D eigenvalue weighted by Gasteiger charge is 2.33. The van der Waals surface area contributed by atoms with Crippen molar-refractivity contribution in [1.29, 1.82) is 0 Å². The summed E-state index contributed by atoms with van der Waals surface area (Å²) in [5.41, 5.74) is 3.18. The molecule has 3 aromatic heterocycles. The maximum atomic E-state index is 14.3. The highest BCUT2D eigenvalue weighted by Crippen LogP contribution is 2.28. The number of hydrogen-bond acceptors (Lipinski definition) is 4. The Morgan fingerprint density at radius 3 is 2.64 bits per heavy atom. The van der Waals surface area contributed by atoms with Gasteiger partial charge in [-0.1, -0.05) is 26.8 Å². The lowest BCUT2D eigenvalue weighted by atomic mass is 9.87. The van der Waals surface area contributed by atoms with Crippen molar-refractivity contribution in [1.82, 2.24) is 29.8 Å². The second kappa shape index (κ2) is 10.6. The van der Waals surface area contributed by atoms with Crippen LogP contribution in [0.5, 0.6) is 0 Å². The molecule has 0 fully saturated rings. The van der Waals surface area contributed by atoms with Crippen molar-refractivity contribution in [2.24, 2.45) is 5.92 Å². The standard InChI is InChI=1S/C30H32F2N6O/c1-5-37(17-23-24(31)7-6-8-25(23)32)18-30(4,19(2)3)34-29(39)20-9-11-26-22(15-20)28(36-35-26)21-10-12-27-33-13-14-38(27)16-21/h6-16,19H,5,17-18H2,1-4H3,(H,34,39)(H,35,36). The monoisotopic (exact) mass is 530 g/mol. The van der Waals surface area contributed by atoms with Crippen LogP contribution in [-0.4, -0.2) is 49.0 Å². The van der Waals surface area contributed by atoms with E-state index in [2.05, 4.69) is 20.5 Å². The fraction of sp³-hybridized carbons (Fsp3) is 0.300. The van der Waals surface area contributed by atoms with E-state index in [4.69, 9.17) is 0 Å². The van der Waals surface area contributed by atoms with Gasteiger partial charge in [0.25, 0.3) is 5.91 Å². The molecule has 1 atom stereocenters. The quantitative estimate of drug-likeness (QED) is 0.252. The molecule has 0 aliphatic heterocycles. The molecule has 0 radical (unpaired) electrons. The van der Waals surface area contributed by atoms with Crippen LogP contribution in [0.15, 0.2) is 67.1 Å². The van der Waals surface area contributed by atoms with Gasteiger partial charge in [0.1, 0.15) is 23.0 Å². The van der Waals surface area contributed by atoms with Gasteiger partial charge in [-0.15, -0.1) is 0 Å². The van der Waals surface area contributed by atoms with E-state index in [0.717, 1.165) is 27.8 Å². The largest absolute Gasteiger partial charge is 0.345 e. The van der Waals surface area contributed by atoms with Gasteiger partial charge in [-0.25, -0.2) is 13.8 Å². The summed E-state index contributed by atoms with van der Waals surface area (Å²) in [5, 5.41) is 11.6. The van der Waals surface area contributed by atoms with Crippen LogP contribution >= 0.6 is 0 Å². The van der Waals surface area contributed by atoms with Crippen molar-refractivity contribution in [2.45, 2.75) is 39.8 Å². The van der Waals surface area contributed by atoms with E-state index in [1.807, 2.05) is 73.7 Å². The smallest absolute Gasteiger partial charge is 0.251 e. The summed E-state index contributed by atoms with van der Waals surface area (Å²) in [5.74, 6) is -1.31. The predicted octanol–water partition coefficient (Wildman–Crippen LogP) is 5.82. The maximum absolute atomic E-state index is 14.3. The van der Waals surface area contributed by atoms with Gasteiger partial charge in [0, 0.05) is 53.8 Å². The van der Waals surface area contributed by atoms with Gasteiger partial charge in [-0.3, -0.25) is 14.8 Å². The lowest BCUT2D eigenvalue weighted by Crippen LogP contribution is -2.56. The van der Waals surface area contributed by atoms with Crippen LogP contribution in [0.1, 0.15) is 43.6 Å². The summed E-state index contributed by atoms with van der Waals surface area (Å²) in [4.78, 5) is 19.8. The summed E-state index contributed by atoms with van der Waals surface area (Å²) < 4.78 is 30.6. The first kappa shape index (κ1) is 26.5. The zero-order valence-corrected chi connectivity index (χ0v) is 22.5. The van der Waals surface area contributed by atoms with Crippen molar-refractivity contribution < 1.29 is 13.6 Å². The Bertz CT molecular complexity index is 1620. The topological polar surface area (TPSA) is 78.3 Å². The first-order chi connectivity index (χ1) is 18.7. The van der Waals surface area contributed by atoms with Gasteiger partial charge >= 0.3 is 0 Å². The first-order valence-electron chi connectivity index (χ1n) is 13.1. The number of pyridine rings is 1. The Morgan fingerprint density at radius 1 is 1.15 bits per heavy atom. The fourth-order valence-electron chi connectivity index (χ4n) is 4.78. The number of carbonyl (C=O) groups is 1. The van der Waals surface area contributed by atoms with Crippen molar-refractivity contribution in [3.8, 4) is 11.3 Å². The second-order valence-electron chi connectivity index (χ2n) is 10.5. The van der Waals surface area contributed by atoms with Gasteiger partial charge in [-0.2, -0.15) is 5.10 Å². The minimum atomic E-state index is -0.657. The Labute approximate surface area is 225 Å². The van der Waals surface area contributed by atoms with Crippen LogP contribution < -0.4 is 5.32 Å². The van der Waals surface area contributed by atoms with E-state index < -0.39 is 17.2 Å². The lowest BCUT2D eigenvalue weighted by Gasteiger charge is -2.39. The molecule has 9 heteroatoms. The Morgan fingerprint density at radius 2 is 1.92 bits per heavy atom. The molecule has 1 unspecified atom stereocenters. The molecule has 39 heavy (non-hydrogen) atoms. The molecule has 7 nitrogen and oxygen atoms in total. The number of carbonyl (C=O) groups excluding carboxylic acids is 1. The molecule has 5 aromatic rings. The molecule has 0 spiro atoms. The molecule has 2 aromatic carbocycles. The predicted molar refractivity (Wildman–Crippen MR) is 148 cm³/mol. The first-order valence-corrected chi connectivity index (χ1v) is 13.1. The summed E-state index contributed by atoms with van der Waals surface area (Å²) >= 11 is 0. The number of fused-ring (bicyclic) bond motifs is 2. The van der Waals surface area contributed by atoms with Gasteiger partial charge < -0.3 is 9.72 Å². The van der Waals surface area contributed by atoms with Gasteiger partial charge in [0.15, 0.2) is 0 Å². The Balaban J connectivity index is 1.40. The summed E-state index contributed by atoms with van der Waals surface area (Å²) in [6.07, 6.45) is 5.57. The SMILES string of the molecule is CCN(Cc1c(F)cccc1F)CC(C)(NC(=O)c1ccc2[nH]nc(-c3ccc4nccn4c3)c2c1)C(C)C. The molecule has 0 aliphatic carbocycles. The third kappa shape index (κ3) is 5.27. The van der Waals surface area contributed by atoms with Crippen molar-refractivity contribution in [2.75, 3.05) is 13.1 Å². The molecule has 2 N–H and O–H groups in total. The zero-order chi connectivity index (χ0) is 27.7.